The van der Waals surface area contributed by atoms with Gasteiger partial charge in [-0.3, -0.25) is 4.79 Å². The number of hydrogen-bond acceptors (Lipinski definition) is 4. The van der Waals surface area contributed by atoms with Crippen molar-refractivity contribution in [3.05, 3.63) is 107 Å². The van der Waals surface area contributed by atoms with Gasteiger partial charge < -0.3 is 21.1 Å². The van der Waals surface area contributed by atoms with Crippen LogP contribution in [0, 0.1) is 5.82 Å². The van der Waals surface area contributed by atoms with Gasteiger partial charge in [0.05, 0.1) is 6.10 Å². The van der Waals surface area contributed by atoms with Crippen molar-refractivity contribution in [1.82, 2.24) is 10.2 Å². The number of carbonyl (C=O) groups excluding carboxylic acids is 1. The summed E-state index contributed by atoms with van der Waals surface area (Å²) in [6.07, 6.45) is -0.206. The number of amides is 1. The van der Waals surface area contributed by atoms with E-state index < -0.39 is 18.2 Å². The molecule has 0 spiro atoms. The van der Waals surface area contributed by atoms with Gasteiger partial charge in [-0.15, -0.1) is 0 Å². The Morgan fingerprint density at radius 1 is 0.970 bits per heavy atom. The Hall–Kier alpha value is -3.06. The van der Waals surface area contributed by atoms with Gasteiger partial charge >= 0.3 is 0 Å². The maximum absolute atomic E-state index is 14.3. The molecule has 0 bridgehead atoms. The molecule has 172 valence electrons. The van der Waals surface area contributed by atoms with Crippen LogP contribution < -0.4 is 11.1 Å². The molecule has 4 N–H and O–H groups in total. The van der Waals surface area contributed by atoms with Crippen molar-refractivity contribution >= 4 is 5.91 Å². The van der Waals surface area contributed by atoms with E-state index in [1.807, 2.05) is 66.7 Å². The van der Waals surface area contributed by atoms with Crippen LogP contribution in [0.4, 0.5) is 4.39 Å². The van der Waals surface area contributed by atoms with E-state index in [-0.39, 0.29) is 18.1 Å². The maximum atomic E-state index is 14.3. The van der Waals surface area contributed by atoms with Gasteiger partial charge in [0.25, 0.3) is 0 Å². The van der Waals surface area contributed by atoms with Gasteiger partial charge in [0, 0.05) is 25.7 Å². The average molecular weight is 448 g/mol. The van der Waals surface area contributed by atoms with Crippen LogP contribution in [0.25, 0.3) is 0 Å². The monoisotopic (exact) mass is 447 g/mol. The first-order valence-corrected chi connectivity index (χ1v) is 11.3. The zero-order valence-electron chi connectivity index (χ0n) is 18.5. The molecule has 3 atom stereocenters. The number of piperazine rings is 1. The van der Waals surface area contributed by atoms with E-state index in [4.69, 9.17) is 5.73 Å². The molecule has 1 saturated heterocycles. The SMILES string of the molecule is N[C@@H](Cc1cc(F)cc(Cc2ccccc2)c1)C(O)C1NCCN(Cc2ccccc2)C1=O. The molecule has 3 aromatic carbocycles. The second kappa shape index (κ2) is 10.7. The Labute approximate surface area is 194 Å². The first-order chi connectivity index (χ1) is 16.0. The van der Waals surface area contributed by atoms with Crippen molar-refractivity contribution in [3.8, 4) is 0 Å². The fourth-order valence-corrected chi connectivity index (χ4v) is 4.39. The van der Waals surface area contributed by atoms with Crippen molar-refractivity contribution in [3.63, 3.8) is 0 Å². The van der Waals surface area contributed by atoms with Crippen molar-refractivity contribution in [1.29, 1.82) is 0 Å². The smallest absolute Gasteiger partial charge is 0.242 e. The molecular formula is C27H30FN3O2. The lowest BCUT2D eigenvalue weighted by molar-refractivity contribution is -0.140. The summed E-state index contributed by atoms with van der Waals surface area (Å²) in [5.41, 5.74) is 9.99. The summed E-state index contributed by atoms with van der Waals surface area (Å²) in [6, 6.07) is 23.0. The Balaban J connectivity index is 1.41. The van der Waals surface area contributed by atoms with Crippen LogP contribution in [0.2, 0.25) is 0 Å². The molecule has 0 saturated carbocycles. The molecule has 4 rings (SSSR count). The highest BCUT2D eigenvalue weighted by Crippen LogP contribution is 2.18. The molecule has 1 aliphatic heterocycles. The van der Waals surface area contributed by atoms with Gasteiger partial charge in [-0.1, -0.05) is 66.7 Å². The molecule has 1 aliphatic rings. The number of rotatable bonds is 8. The molecule has 1 amide bonds. The van der Waals surface area contributed by atoms with Crippen LogP contribution in [0.1, 0.15) is 22.3 Å². The lowest BCUT2D eigenvalue weighted by atomic mass is 9.93. The fraction of sp³-hybridized carbons (Fsp3) is 0.296. The Morgan fingerprint density at radius 3 is 2.30 bits per heavy atom. The standard InChI is InChI=1S/C27H30FN3O2/c28-23-15-21(13-19-7-3-1-4-8-19)14-22(16-23)17-24(29)26(32)25-27(33)31(12-11-30-25)18-20-9-5-2-6-10-20/h1-10,14-16,24-26,30,32H,11-13,17-18,29H2/t24-,25?,26?/m0/s1. The highest BCUT2D eigenvalue weighted by atomic mass is 19.1. The van der Waals surface area contributed by atoms with Crippen LogP contribution in [0.15, 0.2) is 78.9 Å². The van der Waals surface area contributed by atoms with Gasteiger partial charge in [0.2, 0.25) is 5.91 Å². The van der Waals surface area contributed by atoms with Gasteiger partial charge in [-0.25, -0.2) is 4.39 Å². The minimum atomic E-state index is -1.09. The minimum Gasteiger partial charge on any atom is -0.389 e. The fourth-order valence-electron chi connectivity index (χ4n) is 4.39. The van der Waals surface area contributed by atoms with Crippen LogP contribution in [-0.4, -0.2) is 47.2 Å². The minimum absolute atomic E-state index is 0.169. The maximum Gasteiger partial charge on any atom is 0.242 e. The summed E-state index contributed by atoms with van der Waals surface area (Å²) < 4.78 is 14.3. The average Bonchev–Trinajstić information content (AvgIpc) is 2.81. The molecule has 0 aliphatic carbocycles. The van der Waals surface area contributed by atoms with Gasteiger partial charge in [0.15, 0.2) is 0 Å². The van der Waals surface area contributed by atoms with Crippen LogP contribution in [0.5, 0.6) is 0 Å². The highest BCUT2D eigenvalue weighted by molar-refractivity contribution is 5.83. The number of aliphatic hydroxyl groups is 1. The molecule has 0 aromatic heterocycles. The van der Waals surface area contributed by atoms with E-state index in [9.17, 15) is 14.3 Å². The number of nitrogens with one attached hydrogen (secondary N) is 1. The van der Waals surface area contributed by atoms with Crippen LogP contribution in [-0.2, 0) is 24.2 Å². The van der Waals surface area contributed by atoms with E-state index in [2.05, 4.69) is 5.32 Å². The number of benzene rings is 3. The third kappa shape index (κ3) is 6.05. The van der Waals surface area contributed by atoms with Gasteiger partial charge in [0.1, 0.15) is 11.9 Å². The first-order valence-electron chi connectivity index (χ1n) is 11.3. The first kappa shape index (κ1) is 23.1. The number of hydrogen-bond donors (Lipinski definition) is 3. The van der Waals surface area contributed by atoms with Gasteiger partial charge in [-0.05, 0) is 47.2 Å². The predicted molar refractivity (Wildman–Crippen MR) is 127 cm³/mol. The number of aliphatic hydroxyl groups excluding tert-OH is 1. The molecule has 0 radical (unpaired) electrons. The Kier molecular flexibility index (Phi) is 7.50. The van der Waals surface area contributed by atoms with E-state index in [1.54, 1.807) is 4.90 Å². The molecule has 6 heteroatoms. The lowest BCUT2D eigenvalue weighted by Crippen LogP contribution is -2.62. The third-order valence-electron chi connectivity index (χ3n) is 6.06. The quantitative estimate of drug-likeness (QED) is 0.496. The van der Waals surface area contributed by atoms with E-state index in [1.165, 1.54) is 12.1 Å². The van der Waals surface area contributed by atoms with Crippen LogP contribution in [0.3, 0.4) is 0 Å². The summed E-state index contributed by atoms with van der Waals surface area (Å²) in [7, 11) is 0. The number of nitrogens with two attached hydrogens (primary N) is 1. The van der Waals surface area contributed by atoms with Crippen molar-refractivity contribution in [2.45, 2.75) is 37.6 Å². The summed E-state index contributed by atoms with van der Waals surface area (Å²) in [6.45, 7) is 1.64. The molecule has 1 fully saturated rings. The number of nitrogens with zero attached hydrogens (tertiary/aromatic N) is 1. The zero-order valence-corrected chi connectivity index (χ0v) is 18.5. The van der Waals surface area contributed by atoms with E-state index in [0.717, 1.165) is 16.7 Å². The van der Waals surface area contributed by atoms with Crippen LogP contribution >= 0.6 is 0 Å². The van der Waals surface area contributed by atoms with E-state index in [0.29, 0.717) is 31.6 Å². The highest BCUT2D eigenvalue weighted by Gasteiger charge is 2.36. The Morgan fingerprint density at radius 2 is 1.61 bits per heavy atom. The molecule has 5 nitrogen and oxygen atoms in total. The molecule has 33 heavy (non-hydrogen) atoms. The lowest BCUT2D eigenvalue weighted by Gasteiger charge is -2.37. The number of halogens is 1. The molecule has 1 heterocycles. The number of carbonyl (C=O) groups is 1. The molecule has 3 aromatic rings. The second-order valence-electron chi connectivity index (χ2n) is 8.67. The van der Waals surface area contributed by atoms with Crippen molar-refractivity contribution in [2.75, 3.05) is 13.1 Å². The summed E-state index contributed by atoms with van der Waals surface area (Å²) >= 11 is 0. The zero-order chi connectivity index (χ0) is 23.2. The van der Waals surface area contributed by atoms with Gasteiger partial charge in [-0.2, -0.15) is 0 Å². The van der Waals surface area contributed by atoms with Crippen molar-refractivity contribution in [2.24, 2.45) is 5.73 Å². The van der Waals surface area contributed by atoms with E-state index >= 15 is 0 Å². The Bertz CT molecular complexity index is 1060. The predicted octanol–water partition coefficient (Wildman–Crippen LogP) is 2.65. The largest absolute Gasteiger partial charge is 0.389 e. The molecular weight excluding hydrogens is 417 g/mol. The summed E-state index contributed by atoms with van der Waals surface area (Å²) in [5, 5.41) is 14.0. The normalized spacial score (nSPS) is 18.2. The topological polar surface area (TPSA) is 78.6 Å². The summed E-state index contributed by atoms with van der Waals surface area (Å²) in [5.74, 6) is -0.502. The molecule has 2 unspecified atom stereocenters. The summed E-state index contributed by atoms with van der Waals surface area (Å²) in [4.78, 5) is 14.8. The second-order valence-corrected chi connectivity index (χ2v) is 8.67. The van der Waals surface area contributed by atoms with Crippen molar-refractivity contribution < 1.29 is 14.3 Å². The third-order valence-corrected chi connectivity index (χ3v) is 6.06.